The number of nitriles is 1. The Kier molecular flexibility index (Phi) is 3.61. The molecule has 0 aliphatic rings. The Morgan fingerprint density at radius 1 is 0.950 bits per heavy atom. The summed E-state index contributed by atoms with van der Waals surface area (Å²) in [5.41, 5.74) is -0.832. The predicted molar refractivity (Wildman–Crippen MR) is 65.8 cm³/mol. The number of anilines is 2. The van der Waals surface area contributed by atoms with E-state index in [0.29, 0.717) is 5.69 Å². The molecule has 0 aliphatic carbocycles. The number of hydrogen-bond acceptors (Lipinski definition) is 2. The Bertz CT molecular complexity index is 654. The highest BCUT2D eigenvalue weighted by Gasteiger charge is 2.33. The van der Waals surface area contributed by atoms with Crippen molar-refractivity contribution in [2.24, 2.45) is 0 Å². The Balaban J connectivity index is 2.34. The third-order valence-electron chi connectivity index (χ3n) is 2.58. The van der Waals surface area contributed by atoms with Gasteiger partial charge in [-0.2, -0.15) is 18.4 Å². The van der Waals surface area contributed by atoms with Crippen molar-refractivity contribution in [3.05, 3.63) is 59.4 Å². The van der Waals surface area contributed by atoms with E-state index in [0.717, 1.165) is 12.1 Å². The van der Waals surface area contributed by atoms with Crippen LogP contribution < -0.4 is 5.32 Å². The van der Waals surface area contributed by atoms with Gasteiger partial charge < -0.3 is 5.32 Å². The smallest absolute Gasteiger partial charge is 0.356 e. The van der Waals surface area contributed by atoms with Crippen molar-refractivity contribution < 1.29 is 17.6 Å². The normalized spacial score (nSPS) is 10.9. The summed E-state index contributed by atoms with van der Waals surface area (Å²) in [4.78, 5) is 0. The molecule has 0 fully saturated rings. The van der Waals surface area contributed by atoms with E-state index < -0.39 is 23.1 Å². The van der Waals surface area contributed by atoms with Crippen molar-refractivity contribution in [2.75, 3.05) is 5.32 Å². The minimum atomic E-state index is -4.61. The first-order valence-electron chi connectivity index (χ1n) is 5.54. The van der Waals surface area contributed by atoms with Gasteiger partial charge in [0.2, 0.25) is 0 Å². The maximum atomic E-state index is 12.8. The second-order valence-electron chi connectivity index (χ2n) is 4.00. The lowest BCUT2D eigenvalue weighted by Gasteiger charge is -2.12. The fourth-order valence-corrected chi connectivity index (χ4v) is 1.65. The van der Waals surface area contributed by atoms with Crippen LogP contribution in [0.1, 0.15) is 11.1 Å². The number of halogens is 4. The van der Waals surface area contributed by atoms with Crippen LogP contribution in [0.4, 0.5) is 28.9 Å². The zero-order valence-electron chi connectivity index (χ0n) is 10.0. The molecule has 20 heavy (non-hydrogen) atoms. The van der Waals surface area contributed by atoms with Gasteiger partial charge in [-0.1, -0.05) is 0 Å². The summed E-state index contributed by atoms with van der Waals surface area (Å²) in [6, 6.07) is 9.99. The molecule has 0 saturated carbocycles. The third-order valence-corrected chi connectivity index (χ3v) is 2.58. The number of benzene rings is 2. The molecule has 0 amide bonds. The summed E-state index contributed by atoms with van der Waals surface area (Å²) < 4.78 is 51.1. The molecule has 2 rings (SSSR count). The van der Waals surface area contributed by atoms with Crippen LogP contribution in [0.15, 0.2) is 42.5 Å². The maximum Gasteiger partial charge on any atom is 0.417 e. The molecule has 0 bridgehead atoms. The number of nitrogens with zero attached hydrogens (tertiary/aromatic N) is 1. The first kappa shape index (κ1) is 13.9. The SMILES string of the molecule is N#Cc1ccc(Nc2ccc(F)cc2)cc1C(F)(F)F. The van der Waals surface area contributed by atoms with Crippen LogP contribution in [0.2, 0.25) is 0 Å². The zero-order chi connectivity index (χ0) is 14.8. The molecule has 0 heterocycles. The summed E-state index contributed by atoms with van der Waals surface area (Å²) in [6.45, 7) is 0. The highest BCUT2D eigenvalue weighted by atomic mass is 19.4. The van der Waals surface area contributed by atoms with E-state index in [1.807, 2.05) is 0 Å². The molecule has 0 radical (unpaired) electrons. The molecule has 1 N–H and O–H groups in total. The fourth-order valence-electron chi connectivity index (χ4n) is 1.65. The van der Waals surface area contributed by atoms with Crippen LogP contribution in [0.5, 0.6) is 0 Å². The van der Waals surface area contributed by atoms with E-state index in [1.54, 1.807) is 0 Å². The van der Waals surface area contributed by atoms with E-state index in [1.165, 1.54) is 36.4 Å². The Hall–Kier alpha value is -2.55. The summed E-state index contributed by atoms with van der Waals surface area (Å²) >= 11 is 0. The molecule has 102 valence electrons. The Morgan fingerprint density at radius 3 is 2.10 bits per heavy atom. The highest BCUT2D eigenvalue weighted by molar-refractivity contribution is 5.62. The molecular weight excluding hydrogens is 272 g/mol. The summed E-state index contributed by atoms with van der Waals surface area (Å²) in [7, 11) is 0. The summed E-state index contributed by atoms with van der Waals surface area (Å²) in [6.07, 6.45) is -4.61. The van der Waals surface area contributed by atoms with Crippen molar-refractivity contribution in [1.82, 2.24) is 0 Å². The van der Waals surface area contributed by atoms with Crippen LogP contribution in [-0.2, 0) is 6.18 Å². The van der Waals surface area contributed by atoms with E-state index >= 15 is 0 Å². The first-order chi connectivity index (χ1) is 9.40. The molecule has 2 nitrogen and oxygen atoms in total. The molecule has 0 aliphatic heterocycles. The number of hydrogen-bond donors (Lipinski definition) is 1. The number of alkyl halides is 3. The van der Waals surface area contributed by atoms with Gasteiger partial charge in [0.1, 0.15) is 5.82 Å². The molecule has 0 atom stereocenters. The van der Waals surface area contributed by atoms with Crippen LogP contribution in [-0.4, -0.2) is 0 Å². The molecule has 0 spiro atoms. The van der Waals surface area contributed by atoms with E-state index in [4.69, 9.17) is 5.26 Å². The molecule has 6 heteroatoms. The lowest BCUT2D eigenvalue weighted by Crippen LogP contribution is -2.08. The standard InChI is InChI=1S/C14H8F4N2/c15-10-2-5-11(6-3-10)20-12-4-1-9(8-19)13(7-12)14(16,17)18/h1-7,20H. The van der Waals surface area contributed by atoms with E-state index in [-0.39, 0.29) is 5.69 Å². The first-order valence-corrected chi connectivity index (χ1v) is 5.54. The van der Waals surface area contributed by atoms with Gasteiger partial charge in [-0.25, -0.2) is 4.39 Å². The monoisotopic (exact) mass is 280 g/mol. The van der Waals surface area contributed by atoms with Crippen molar-refractivity contribution in [1.29, 1.82) is 5.26 Å². The zero-order valence-corrected chi connectivity index (χ0v) is 10.0. The van der Waals surface area contributed by atoms with Gasteiger partial charge in [0.15, 0.2) is 0 Å². The molecule has 0 aromatic heterocycles. The van der Waals surface area contributed by atoms with Crippen LogP contribution in [0.25, 0.3) is 0 Å². The number of rotatable bonds is 2. The molecule has 0 saturated heterocycles. The maximum absolute atomic E-state index is 12.8. The van der Waals surface area contributed by atoms with Gasteiger partial charge in [-0.15, -0.1) is 0 Å². The topological polar surface area (TPSA) is 35.8 Å². The van der Waals surface area contributed by atoms with E-state index in [2.05, 4.69) is 5.32 Å². The van der Waals surface area contributed by atoms with Gasteiger partial charge in [-0.3, -0.25) is 0 Å². The predicted octanol–water partition coefficient (Wildman–Crippen LogP) is 4.46. The van der Waals surface area contributed by atoms with Crippen LogP contribution in [0, 0.1) is 17.1 Å². The van der Waals surface area contributed by atoms with Gasteiger partial charge in [0.25, 0.3) is 0 Å². The molecular formula is C14H8F4N2. The van der Waals surface area contributed by atoms with Crippen LogP contribution in [0.3, 0.4) is 0 Å². The van der Waals surface area contributed by atoms with Crippen molar-refractivity contribution in [2.45, 2.75) is 6.18 Å². The Labute approximate surface area is 112 Å². The van der Waals surface area contributed by atoms with E-state index in [9.17, 15) is 17.6 Å². The van der Waals surface area contributed by atoms with Gasteiger partial charge in [0.05, 0.1) is 17.2 Å². The average molecular weight is 280 g/mol. The molecule has 0 unspecified atom stereocenters. The van der Waals surface area contributed by atoms with Gasteiger partial charge in [-0.05, 0) is 42.5 Å². The van der Waals surface area contributed by atoms with Crippen molar-refractivity contribution in [3.63, 3.8) is 0 Å². The second kappa shape index (κ2) is 5.21. The minimum Gasteiger partial charge on any atom is -0.356 e. The second-order valence-corrected chi connectivity index (χ2v) is 4.00. The van der Waals surface area contributed by atoms with Gasteiger partial charge in [0, 0.05) is 11.4 Å². The summed E-state index contributed by atoms with van der Waals surface area (Å²) in [5, 5.41) is 11.4. The fraction of sp³-hybridized carbons (Fsp3) is 0.0714. The average Bonchev–Trinajstić information content (AvgIpc) is 2.40. The quantitative estimate of drug-likeness (QED) is 0.824. The van der Waals surface area contributed by atoms with Gasteiger partial charge >= 0.3 is 6.18 Å². The summed E-state index contributed by atoms with van der Waals surface area (Å²) in [5.74, 6) is -0.439. The lowest BCUT2D eigenvalue weighted by molar-refractivity contribution is -0.137. The largest absolute Gasteiger partial charge is 0.417 e. The minimum absolute atomic E-state index is 0.169. The van der Waals surface area contributed by atoms with Crippen LogP contribution >= 0.6 is 0 Å². The highest BCUT2D eigenvalue weighted by Crippen LogP contribution is 2.34. The third kappa shape index (κ3) is 3.06. The Morgan fingerprint density at radius 2 is 1.55 bits per heavy atom. The van der Waals surface area contributed by atoms with Crippen molar-refractivity contribution in [3.8, 4) is 6.07 Å². The lowest BCUT2D eigenvalue weighted by atomic mass is 10.1. The molecule has 2 aromatic rings. The number of nitrogens with one attached hydrogen (secondary N) is 1. The molecule has 2 aromatic carbocycles. The van der Waals surface area contributed by atoms with Crippen molar-refractivity contribution >= 4 is 11.4 Å².